The number of hydrogen-bond donors (Lipinski definition) is 2. The Bertz CT molecular complexity index is 743. The molecule has 1 atom stereocenters. The first-order valence-electron chi connectivity index (χ1n) is 7.46. The third-order valence-corrected chi connectivity index (χ3v) is 4.15. The maximum atomic E-state index is 12.7. The smallest absolute Gasteiger partial charge is 0.272 e. The van der Waals surface area contributed by atoms with E-state index in [0.717, 1.165) is 12.0 Å². The summed E-state index contributed by atoms with van der Waals surface area (Å²) in [5, 5.41) is 10.3. The number of H-pyrrole nitrogens is 1. The summed E-state index contributed by atoms with van der Waals surface area (Å²) in [7, 11) is 0. The van der Waals surface area contributed by atoms with Crippen LogP contribution in [0.2, 0.25) is 5.02 Å². The molecule has 1 saturated heterocycles. The molecule has 0 radical (unpaired) electrons. The summed E-state index contributed by atoms with van der Waals surface area (Å²) < 4.78 is 0. The first-order valence-corrected chi connectivity index (χ1v) is 7.84. The highest BCUT2D eigenvalue weighted by molar-refractivity contribution is 6.30. The molecule has 2 heterocycles. The number of amides is 2. The minimum absolute atomic E-state index is 0.134. The maximum absolute atomic E-state index is 12.7. The molecule has 2 N–H and O–H groups in total. The van der Waals surface area contributed by atoms with Crippen LogP contribution in [-0.2, 0) is 4.79 Å². The molecule has 1 aromatic heterocycles. The van der Waals surface area contributed by atoms with Crippen LogP contribution < -0.4 is 5.32 Å². The second kappa shape index (κ2) is 6.42. The number of hydrogen-bond acceptors (Lipinski definition) is 3. The van der Waals surface area contributed by atoms with Crippen LogP contribution >= 0.6 is 11.6 Å². The molecule has 23 heavy (non-hydrogen) atoms. The lowest BCUT2D eigenvalue weighted by Gasteiger charge is -2.24. The predicted octanol–water partition coefficient (Wildman–Crippen LogP) is 2.08. The van der Waals surface area contributed by atoms with Crippen molar-refractivity contribution in [2.45, 2.75) is 19.4 Å². The Morgan fingerprint density at radius 2 is 2.22 bits per heavy atom. The maximum Gasteiger partial charge on any atom is 0.272 e. The zero-order chi connectivity index (χ0) is 16.4. The van der Waals surface area contributed by atoms with Crippen LogP contribution in [0.15, 0.2) is 30.3 Å². The number of nitrogens with zero attached hydrogens (tertiary/aromatic N) is 2. The van der Waals surface area contributed by atoms with E-state index in [-0.39, 0.29) is 11.8 Å². The van der Waals surface area contributed by atoms with Crippen LogP contribution in [-0.4, -0.2) is 46.0 Å². The second-order valence-corrected chi connectivity index (χ2v) is 5.93. The molecule has 1 aliphatic heterocycles. The van der Waals surface area contributed by atoms with Crippen molar-refractivity contribution >= 4 is 23.4 Å². The molecule has 2 amide bonds. The lowest BCUT2D eigenvalue weighted by Crippen LogP contribution is -2.45. The standard InChI is InChI=1S/C16H17ClN4O2/c1-10-15(22)18-6-3-7-21(10)16(23)14-9-13(19-20-14)11-4-2-5-12(17)8-11/h2,4-5,8-10H,3,6-7H2,1H3,(H,18,22)(H,19,20). The quantitative estimate of drug-likeness (QED) is 0.883. The molecule has 3 rings (SSSR count). The Kier molecular flexibility index (Phi) is 4.34. The molecule has 0 spiro atoms. The van der Waals surface area contributed by atoms with Gasteiger partial charge in [0.2, 0.25) is 5.91 Å². The molecule has 120 valence electrons. The molecular weight excluding hydrogens is 316 g/mol. The number of halogens is 1. The number of carbonyl (C=O) groups excluding carboxylic acids is 2. The number of benzene rings is 1. The number of aromatic nitrogens is 2. The van der Waals surface area contributed by atoms with Crippen LogP contribution in [0.3, 0.4) is 0 Å². The van der Waals surface area contributed by atoms with Gasteiger partial charge in [0.15, 0.2) is 0 Å². The molecule has 1 aromatic carbocycles. The lowest BCUT2D eigenvalue weighted by atomic mass is 10.1. The van der Waals surface area contributed by atoms with Gasteiger partial charge in [-0.3, -0.25) is 14.7 Å². The van der Waals surface area contributed by atoms with Crippen molar-refractivity contribution in [1.29, 1.82) is 0 Å². The number of carbonyl (C=O) groups is 2. The fourth-order valence-electron chi connectivity index (χ4n) is 2.60. The molecular formula is C16H17ClN4O2. The highest BCUT2D eigenvalue weighted by Gasteiger charge is 2.29. The van der Waals surface area contributed by atoms with Crippen LogP contribution in [0.4, 0.5) is 0 Å². The zero-order valence-electron chi connectivity index (χ0n) is 12.7. The van der Waals surface area contributed by atoms with Gasteiger partial charge < -0.3 is 10.2 Å². The Hall–Kier alpha value is -2.34. The summed E-state index contributed by atoms with van der Waals surface area (Å²) >= 11 is 5.98. The second-order valence-electron chi connectivity index (χ2n) is 5.50. The van der Waals surface area contributed by atoms with Gasteiger partial charge in [-0.2, -0.15) is 5.10 Å². The summed E-state index contributed by atoms with van der Waals surface area (Å²) in [5.41, 5.74) is 1.83. The Morgan fingerprint density at radius 3 is 3.00 bits per heavy atom. The average molecular weight is 333 g/mol. The van der Waals surface area contributed by atoms with Crippen molar-refractivity contribution < 1.29 is 9.59 Å². The summed E-state index contributed by atoms with van der Waals surface area (Å²) in [6.07, 6.45) is 0.733. The molecule has 1 fully saturated rings. The summed E-state index contributed by atoms with van der Waals surface area (Å²) in [4.78, 5) is 26.1. The van der Waals surface area contributed by atoms with Crippen molar-refractivity contribution in [3.63, 3.8) is 0 Å². The highest BCUT2D eigenvalue weighted by Crippen LogP contribution is 2.22. The van der Waals surface area contributed by atoms with Gasteiger partial charge in [-0.25, -0.2) is 0 Å². The molecule has 0 bridgehead atoms. The Morgan fingerprint density at radius 1 is 1.39 bits per heavy atom. The summed E-state index contributed by atoms with van der Waals surface area (Å²) in [6, 6.07) is 8.45. The fourth-order valence-corrected chi connectivity index (χ4v) is 2.79. The molecule has 6 nitrogen and oxygen atoms in total. The third kappa shape index (κ3) is 3.22. The largest absolute Gasteiger partial charge is 0.354 e. The van der Waals surface area contributed by atoms with Crippen LogP contribution in [0.1, 0.15) is 23.8 Å². The zero-order valence-corrected chi connectivity index (χ0v) is 13.4. The van der Waals surface area contributed by atoms with Gasteiger partial charge in [0, 0.05) is 23.7 Å². The minimum atomic E-state index is -0.497. The average Bonchev–Trinajstić information content (AvgIpc) is 2.97. The number of rotatable bonds is 2. The molecule has 1 aliphatic rings. The molecule has 2 aromatic rings. The van der Waals surface area contributed by atoms with Gasteiger partial charge in [-0.15, -0.1) is 0 Å². The van der Waals surface area contributed by atoms with Crippen LogP contribution in [0.5, 0.6) is 0 Å². The van der Waals surface area contributed by atoms with E-state index in [1.807, 2.05) is 12.1 Å². The summed E-state index contributed by atoms with van der Waals surface area (Å²) in [5.74, 6) is -0.360. The Balaban J connectivity index is 1.84. The van der Waals surface area contributed by atoms with Crippen molar-refractivity contribution in [3.05, 3.63) is 41.0 Å². The van der Waals surface area contributed by atoms with Gasteiger partial charge in [-0.05, 0) is 31.5 Å². The molecule has 1 unspecified atom stereocenters. The van der Waals surface area contributed by atoms with E-state index in [1.54, 1.807) is 30.0 Å². The third-order valence-electron chi connectivity index (χ3n) is 3.91. The van der Waals surface area contributed by atoms with E-state index in [2.05, 4.69) is 15.5 Å². The number of nitrogens with one attached hydrogen (secondary N) is 2. The number of aromatic amines is 1. The van der Waals surface area contributed by atoms with Crippen molar-refractivity contribution in [1.82, 2.24) is 20.4 Å². The topological polar surface area (TPSA) is 78.1 Å². The molecule has 0 aliphatic carbocycles. The minimum Gasteiger partial charge on any atom is -0.354 e. The fraction of sp³-hybridized carbons (Fsp3) is 0.312. The van der Waals surface area contributed by atoms with E-state index in [4.69, 9.17) is 11.6 Å². The van der Waals surface area contributed by atoms with E-state index < -0.39 is 6.04 Å². The van der Waals surface area contributed by atoms with Gasteiger partial charge >= 0.3 is 0 Å². The molecule has 0 saturated carbocycles. The lowest BCUT2D eigenvalue weighted by molar-refractivity contribution is -0.124. The molecule has 7 heteroatoms. The normalized spacial score (nSPS) is 18.4. The first-order chi connectivity index (χ1) is 11.1. The monoisotopic (exact) mass is 332 g/mol. The van der Waals surface area contributed by atoms with E-state index >= 15 is 0 Å². The Labute approximate surface area is 138 Å². The van der Waals surface area contributed by atoms with Crippen molar-refractivity contribution in [3.8, 4) is 11.3 Å². The van der Waals surface area contributed by atoms with Crippen LogP contribution in [0.25, 0.3) is 11.3 Å². The van der Waals surface area contributed by atoms with Crippen molar-refractivity contribution in [2.24, 2.45) is 0 Å². The van der Waals surface area contributed by atoms with Gasteiger partial charge in [0.05, 0.1) is 5.69 Å². The van der Waals surface area contributed by atoms with Gasteiger partial charge in [0.1, 0.15) is 11.7 Å². The van der Waals surface area contributed by atoms with Gasteiger partial charge in [0.25, 0.3) is 5.91 Å². The van der Waals surface area contributed by atoms with E-state index in [9.17, 15) is 9.59 Å². The van der Waals surface area contributed by atoms with Crippen molar-refractivity contribution in [2.75, 3.05) is 13.1 Å². The SMILES string of the molecule is CC1C(=O)NCCCN1C(=O)c1cc(-c2cccc(Cl)c2)n[nH]1. The van der Waals surface area contributed by atoms with Crippen LogP contribution in [0, 0.1) is 0 Å². The highest BCUT2D eigenvalue weighted by atomic mass is 35.5. The van der Waals surface area contributed by atoms with E-state index in [0.29, 0.717) is 29.5 Å². The van der Waals surface area contributed by atoms with Gasteiger partial charge in [-0.1, -0.05) is 23.7 Å². The first kappa shape index (κ1) is 15.6. The van der Waals surface area contributed by atoms with E-state index in [1.165, 1.54) is 0 Å². The summed E-state index contributed by atoms with van der Waals surface area (Å²) in [6.45, 7) is 2.85. The predicted molar refractivity (Wildman–Crippen MR) is 87.2 cm³/mol.